The summed E-state index contributed by atoms with van der Waals surface area (Å²) in [5.41, 5.74) is 0.842. The van der Waals surface area contributed by atoms with Gasteiger partial charge in [-0.25, -0.2) is 0 Å². The first kappa shape index (κ1) is 8.08. The highest BCUT2D eigenvalue weighted by Gasteiger charge is 1.96. The van der Waals surface area contributed by atoms with Gasteiger partial charge in [-0.05, 0) is 13.0 Å². The molecule has 0 aromatic heterocycles. The molecule has 1 aromatic rings. The van der Waals surface area contributed by atoms with Gasteiger partial charge in [-0.15, -0.1) is 0 Å². The van der Waals surface area contributed by atoms with E-state index in [-0.39, 0.29) is 0 Å². The van der Waals surface area contributed by atoms with Gasteiger partial charge in [0, 0.05) is 12.2 Å². The van der Waals surface area contributed by atoms with Crippen LogP contribution in [0.3, 0.4) is 0 Å². The average molecular weight is 152 g/mol. The Morgan fingerprint density at radius 3 is 2.73 bits per heavy atom. The van der Waals surface area contributed by atoms with Crippen molar-refractivity contribution < 1.29 is 9.84 Å². The van der Waals surface area contributed by atoms with Crippen molar-refractivity contribution in [3.05, 3.63) is 29.8 Å². The highest BCUT2D eigenvalue weighted by atomic mass is 16.5. The van der Waals surface area contributed by atoms with Crippen LogP contribution in [-0.4, -0.2) is 11.7 Å². The highest BCUT2D eigenvalue weighted by molar-refractivity contribution is 5.30. The second kappa shape index (κ2) is 3.98. The summed E-state index contributed by atoms with van der Waals surface area (Å²) in [6.07, 6.45) is 0. The lowest BCUT2D eigenvalue weighted by Crippen LogP contribution is -1.91. The van der Waals surface area contributed by atoms with Gasteiger partial charge in [-0.2, -0.15) is 0 Å². The summed E-state index contributed by atoms with van der Waals surface area (Å²) in [5, 5.41) is 9.26. The number of hydrogen-bond acceptors (Lipinski definition) is 2. The third-order valence-electron chi connectivity index (χ3n) is 1.45. The quantitative estimate of drug-likeness (QED) is 0.717. The van der Waals surface area contributed by atoms with Crippen LogP contribution in [0, 0.1) is 0 Å². The molecule has 0 spiro atoms. The Labute approximate surface area is 66.4 Å². The van der Waals surface area contributed by atoms with Crippen LogP contribution in [-0.2, 0) is 11.3 Å². The molecule has 1 N–H and O–H groups in total. The van der Waals surface area contributed by atoms with Gasteiger partial charge in [-0.1, -0.05) is 18.2 Å². The molecule has 2 heteroatoms. The van der Waals surface area contributed by atoms with Crippen LogP contribution in [0.5, 0.6) is 5.75 Å². The number of para-hydroxylation sites is 1. The molecule has 0 aliphatic heterocycles. The molecule has 1 rings (SSSR count). The van der Waals surface area contributed by atoms with E-state index in [9.17, 15) is 5.11 Å². The average Bonchev–Trinajstić information content (AvgIpc) is 2.03. The summed E-state index contributed by atoms with van der Waals surface area (Å²) in [6.45, 7) is 3.09. The van der Waals surface area contributed by atoms with Gasteiger partial charge in [0.15, 0.2) is 0 Å². The van der Waals surface area contributed by atoms with Gasteiger partial charge in [-0.3, -0.25) is 0 Å². The van der Waals surface area contributed by atoms with Gasteiger partial charge < -0.3 is 9.84 Å². The molecule has 0 saturated heterocycles. The van der Waals surface area contributed by atoms with Crippen molar-refractivity contribution in [2.75, 3.05) is 6.61 Å². The van der Waals surface area contributed by atoms with Crippen LogP contribution in [0.1, 0.15) is 12.5 Å². The maximum Gasteiger partial charge on any atom is 0.121 e. The van der Waals surface area contributed by atoms with E-state index < -0.39 is 0 Å². The number of phenols is 1. The molecular formula is C9H12O2. The normalized spacial score (nSPS) is 9.91. The van der Waals surface area contributed by atoms with Gasteiger partial charge in [0.05, 0.1) is 6.61 Å². The lowest BCUT2D eigenvalue weighted by atomic mass is 10.2. The van der Waals surface area contributed by atoms with Gasteiger partial charge >= 0.3 is 0 Å². The Hall–Kier alpha value is -1.02. The van der Waals surface area contributed by atoms with E-state index in [2.05, 4.69) is 0 Å². The van der Waals surface area contributed by atoms with Crippen molar-refractivity contribution in [3.8, 4) is 5.75 Å². The molecule has 1 aromatic carbocycles. The summed E-state index contributed by atoms with van der Waals surface area (Å²) >= 11 is 0. The zero-order valence-electron chi connectivity index (χ0n) is 6.58. The smallest absolute Gasteiger partial charge is 0.121 e. The van der Waals surface area contributed by atoms with Crippen molar-refractivity contribution in [2.24, 2.45) is 0 Å². The van der Waals surface area contributed by atoms with Crippen molar-refractivity contribution in [1.82, 2.24) is 0 Å². The van der Waals surface area contributed by atoms with E-state index in [0.717, 1.165) is 5.56 Å². The van der Waals surface area contributed by atoms with E-state index in [1.54, 1.807) is 12.1 Å². The molecule has 0 unspecified atom stereocenters. The summed E-state index contributed by atoms with van der Waals surface area (Å²) in [6, 6.07) is 7.19. The second-order valence-corrected chi connectivity index (χ2v) is 2.27. The van der Waals surface area contributed by atoms with Gasteiger partial charge in [0.1, 0.15) is 5.75 Å². The maximum atomic E-state index is 9.26. The topological polar surface area (TPSA) is 29.5 Å². The van der Waals surface area contributed by atoms with Gasteiger partial charge in [0.25, 0.3) is 0 Å². The number of benzene rings is 1. The molecule has 2 nitrogen and oxygen atoms in total. The SMILES string of the molecule is CCOCc1ccccc1O. The fourth-order valence-electron chi connectivity index (χ4n) is 0.845. The molecule has 11 heavy (non-hydrogen) atoms. The number of rotatable bonds is 3. The van der Waals surface area contributed by atoms with Crippen molar-refractivity contribution in [2.45, 2.75) is 13.5 Å². The van der Waals surface area contributed by atoms with Crippen LogP contribution in [0.2, 0.25) is 0 Å². The summed E-state index contributed by atoms with van der Waals surface area (Å²) in [7, 11) is 0. The van der Waals surface area contributed by atoms with E-state index in [0.29, 0.717) is 19.0 Å². The highest BCUT2D eigenvalue weighted by Crippen LogP contribution is 2.15. The van der Waals surface area contributed by atoms with E-state index >= 15 is 0 Å². The molecular weight excluding hydrogens is 140 g/mol. The van der Waals surface area contributed by atoms with E-state index in [4.69, 9.17) is 4.74 Å². The lowest BCUT2D eigenvalue weighted by Gasteiger charge is -2.02. The fourth-order valence-corrected chi connectivity index (χ4v) is 0.845. The Kier molecular flexibility index (Phi) is 2.93. The molecule has 60 valence electrons. The van der Waals surface area contributed by atoms with Crippen LogP contribution in [0.4, 0.5) is 0 Å². The zero-order valence-corrected chi connectivity index (χ0v) is 6.58. The van der Waals surface area contributed by atoms with Crippen LogP contribution in [0.25, 0.3) is 0 Å². The Bertz CT molecular complexity index is 221. The number of hydrogen-bond donors (Lipinski definition) is 1. The molecule has 0 aliphatic rings. The molecule has 0 heterocycles. The Morgan fingerprint density at radius 2 is 2.09 bits per heavy atom. The van der Waals surface area contributed by atoms with Crippen molar-refractivity contribution in [3.63, 3.8) is 0 Å². The third-order valence-corrected chi connectivity index (χ3v) is 1.45. The van der Waals surface area contributed by atoms with Crippen LogP contribution in [0.15, 0.2) is 24.3 Å². The van der Waals surface area contributed by atoms with Crippen LogP contribution >= 0.6 is 0 Å². The van der Waals surface area contributed by atoms with E-state index in [1.165, 1.54) is 0 Å². The van der Waals surface area contributed by atoms with Crippen molar-refractivity contribution in [1.29, 1.82) is 0 Å². The van der Waals surface area contributed by atoms with Crippen molar-refractivity contribution >= 4 is 0 Å². The Balaban J connectivity index is 2.62. The number of phenolic OH excluding ortho intramolecular Hbond substituents is 1. The standard InChI is InChI=1S/C9H12O2/c1-2-11-7-8-5-3-4-6-9(8)10/h3-6,10H,2,7H2,1H3. The molecule has 0 saturated carbocycles. The Morgan fingerprint density at radius 1 is 1.36 bits per heavy atom. The minimum Gasteiger partial charge on any atom is -0.508 e. The molecule has 0 radical (unpaired) electrons. The molecule has 0 fully saturated rings. The first-order valence-corrected chi connectivity index (χ1v) is 3.69. The predicted molar refractivity (Wildman–Crippen MR) is 43.4 cm³/mol. The van der Waals surface area contributed by atoms with E-state index in [1.807, 2.05) is 19.1 Å². The predicted octanol–water partition coefficient (Wildman–Crippen LogP) is 1.93. The van der Waals surface area contributed by atoms with Crippen LogP contribution < -0.4 is 0 Å². The molecule has 0 aliphatic carbocycles. The minimum absolute atomic E-state index is 0.306. The zero-order chi connectivity index (χ0) is 8.10. The molecule has 0 amide bonds. The van der Waals surface area contributed by atoms with Gasteiger partial charge in [0.2, 0.25) is 0 Å². The number of aromatic hydroxyl groups is 1. The minimum atomic E-state index is 0.306. The summed E-state index contributed by atoms with van der Waals surface area (Å²) < 4.78 is 5.14. The summed E-state index contributed by atoms with van der Waals surface area (Å²) in [5.74, 6) is 0.306. The third kappa shape index (κ3) is 2.24. The second-order valence-electron chi connectivity index (χ2n) is 2.27. The maximum absolute atomic E-state index is 9.26. The molecule has 0 bridgehead atoms. The summed E-state index contributed by atoms with van der Waals surface area (Å²) in [4.78, 5) is 0. The lowest BCUT2D eigenvalue weighted by molar-refractivity contribution is 0.132. The molecule has 0 atom stereocenters. The largest absolute Gasteiger partial charge is 0.508 e. The monoisotopic (exact) mass is 152 g/mol. The first-order valence-electron chi connectivity index (χ1n) is 3.69. The fraction of sp³-hybridized carbons (Fsp3) is 0.333. The number of ether oxygens (including phenoxy) is 1. The first-order chi connectivity index (χ1) is 5.34.